The fourth-order valence-electron chi connectivity index (χ4n) is 3.46. The molecule has 6 heteroatoms. The number of anilines is 1. The summed E-state index contributed by atoms with van der Waals surface area (Å²) < 4.78 is 13.0. The van der Waals surface area contributed by atoms with Gasteiger partial charge in [0, 0.05) is 36.3 Å². The van der Waals surface area contributed by atoms with Gasteiger partial charge in [-0.25, -0.2) is 4.39 Å². The summed E-state index contributed by atoms with van der Waals surface area (Å²) in [7, 11) is 0. The first-order chi connectivity index (χ1) is 13.5. The average molecular weight is 377 g/mol. The highest BCUT2D eigenvalue weighted by molar-refractivity contribution is 5.98. The predicted octanol–water partition coefficient (Wildman–Crippen LogP) is 3.67. The molecule has 1 atom stereocenters. The second kappa shape index (κ2) is 7.38. The molecule has 5 nitrogen and oxygen atoms in total. The third kappa shape index (κ3) is 3.86. The lowest BCUT2D eigenvalue weighted by molar-refractivity contribution is -0.128. The van der Waals surface area contributed by atoms with E-state index in [4.69, 9.17) is 0 Å². The molecule has 0 unspecified atom stereocenters. The summed E-state index contributed by atoms with van der Waals surface area (Å²) in [5, 5.41) is 3.86. The van der Waals surface area contributed by atoms with Crippen LogP contribution >= 0.6 is 0 Å². The van der Waals surface area contributed by atoms with Crippen LogP contribution in [0.2, 0.25) is 0 Å². The Morgan fingerprint density at radius 1 is 1.18 bits per heavy atom. The van der Waals surface area contributed by atoms with Crippen LogP contribution in [0.1, 0.15) is 17.7 Å². The molecule has 0 bridgehead atoms. The molecule has 1 fully saturated rings. The number of aromatic nitrogens is 1. The number of halogens is 1. The zero-order chi connectivity index (χ0) is 19.7. The summed E-state index contributed by atoms with van der Waals surface area (Å²) in [6, 6.07) is 15.5. The lowest BCUT2D eigenvalue weighted by Crippen LogP contribution is -2.28. The van der Waals surface area contributed by atoms with E-state index in [2.05, 4.69) is 10.3 Å². The number of pyridine rings is 1. The Hall–Kier alpha value is -3.28. The highest BCUT2D eigenvalue weighted by Gasteiger charge is 2.34. The molecule has 1 aliphatic heterocycles. The van der Waals surface area contributed by atoms with Gasteiger partial charge in [-0.2, -0.15) is 0 Å². The first-order valence-corrected chi connectivity index (χ1v) is 9.18. The van der Waals surface area contributed by atoms with E-state index in [9.17, 15) is 14.0 Å². The van der Waals surface area contributed by atoms with Crippen molar-refractivity contribution in [1.29, 1.82) is 0 Å². The van der Waals surface area contributed by atoms with Crippen molar-refractivity contribution in [2.75, 3.05) is 11.9 Å². The molecule has 1 saturated heterocycles. The monoisotopic (exact) mass is 377 g/mol. The number of hydrogen-bond acceptors (Lipinski definition) is 3. The molecule has 1 aromatic heterocycles. The summed E-state index contributed by atoms with van der Waals surface area (Å²) in [6.07, 6.45) is 0.182. The molecule has 1 aliphatic rings. The maximum atomic E-state index is 13.0. The number of amides is 2. The molecule has 28 heavy (non-hydrogen) atoms. The van der Waals surface area contributed by atoms with Gasteiger partial charge in [-0.15, -0.1) is 0 Å². The molecule has 4 rings (SSSR count). The van der Waals surface area contributed by atoms with E-state index in [-0.39, 0.29) is 24.1 Å². The van der Waals surface area contributed by atoms with Crippen molar-refractivity contribution in [3.63, 3.8) is 0 Å². The Kier molecular flexibility index (Phi) is 4.77. The molecular weight excluding hydrogens is 357 g/mol. The van der Waals surface area contributed by atoms with Crippen LogP contribution in [0.5, 0.6) is 0 Å². The van der Waals surface area contributed by atoms with E-state index in [1.54, 1.807) is 17.0 Å². The Labute approximate surface area is 162 Å². The molecule has 0 saturated carbocycles. The summed E-state index contributed by atoms with van der Waals surface area (Å²) in [6.45, 7) is 2.67. The molecule has 0 radical (unpaired) electrons. The summed E-state index contributed by atoms with van der Waals surface area (Å²) in [4.78, 5) is 31.0. The zero-order valence-corrected chi connectivity index (χ0v) is 15.5. The number of aryl methyl sites for hydroxylation is 1. The predicted molar refractivity (Wildman–Crippen MR) is 105 cm³/mol. The lowest BCUT2D eigenvalue weighted by atomic mass is 10.1. The molecule has 0 spiro atoms. The Morgan fingerprint density at radius 3 is 2.75 bits per heavy atom. The second-order valence-corrected chi connectivity index (χ2v) is 7.15. The summed E-state index contributed by atoms with van der Waals surface area (Å²) in [5.74, 6) is -0.952. The van der Waals surface area contributed by atoms with Crippen molar-refractivity contribution < 1.29 is 14.0 Å². The van der Waals surface area contributed by atoms with Crippen molar-refractivity contribution in [2.24, 2.45) is 5.92 Å². The fourth-order valence-corrected chi connectivity index (χ4v) is 3.46. The maximum absolute atomic E-state index is 13.0. The van der Waals surface area contributed by atoms with Gasteiger partial charge < -0.3 is 10.2 Å². The quantitative estimate of drug-likeness (QED) is 0.755. The molecule has 1 N–H and O–H groups in total. The second-order valence-electron chi connectivity index (χ2n) is 7.15. The lowest BCUT2D eigenvalue weighted by Gasteiger charge is -2.17. The van der Waals surface area contributed by atoms with Crippen molar-refractivity contribution in [2.45, 2.75) is 19.9 Å². The largest absolute Gasteiger partial charge is 0.338 e. The molecule has 3 aromatic rings. The number of likely N-dealkylation sites (tertiary alicyclic amines) is 1. The van der Waals surface area contributed by atoms with Crippen LogP contribution in [0.4, 0.5) is 10.1 Å². The standard InChI is InChI=1S/C22H20FN3O2/c1-14-2-5-16-10-19(8-9-20(16)24-14)25-22(28)17-11-21(27)26(13-17)12-15-3-6-18(23)7-4-15/h2-10,17H,11-13H2,1H3,(H,25,28)/t17-/m0/s1. The molecule has 142 valence electrons. The summed E-state index contributed by atoms with van der Waals surface area (Å²) >= 11 is 0. The van der Waals surface area contributed by atoms with E-state index >= 15 is 0 Å². The van der Waals surface area contributed by atoms with Crippen LogP contribution in [0, 0.1) is 18.7 Å². The van der Waals surface area contributed by atoms with Crippen molar-refractivity contribution in [3.05, 3.63) is 71.7 Å². The molecule has 2 aromatic carbocycles. The minimum Gasteiger partial charge on any atom is -0.338 e. The normalized spacial score (nSPS) is 16.6. The number of carbonyl (C=O) groups is 2. The third-order valence-corrected chi connectivity index (χ3v) is 4.97. The number of carbonyl (C=O) groups excluding carboxylic acids is 2. The van der Waals surface area contributed by atoms with Gasteiger partial charge in [0.05, 0.1) is 11.4 Å². The van der Waals surface area contributed by atoms with Crippen LogP contribution in [0.25, 0.3) is 10.9 Å². The number of rotatable bonds is 4. The van der Waals surface area contributed by atoms with Crippen molar-refractivity contribution in [1.82, 2.24) is 9.88 Å². The van der Waals surface area contributed by atoms with Gasteiger partial charge in [0.2, 0.25) is 11.8 Å². The van der Waals surface area contributed by atoms with Crippen LogP contribution in [-0.4, -0.2) is 28.2 Å². The topological polar surface area (TPSA) is 62.3 Å². The number of fused-ring (bicyclic) bond motifs is 1. The first-order valence-electron chi connectivity index (χ1n) is 9.18. The van der Waals surface area contributed by atoms with E-state index in [0.717, 1.165) is 22.2 Å². The first kappa shape index (κ1) is 18.1. The molecular formula is C22H20FN3O2. The Balaban J connectivity index is 1.41. The Bertz CT molecular complexity index is 1050. The number of hydrogen-bond donors (Lipinski definition) is 1. The minimum absolute atomic E-state index is 0.0670. The van der Waals surface area contributed by atoms with Crippen LogP contribution in [0.3, 0.4) is 0 Å². The van der Waals surface area contributed by atoms with Gasteiger partial charge in [-0.05, 0) is 48.9 Å². The van der Waals surface area contributed by atoms with Crippen LogP contribution < -0.4 is 5.32 Å². The van der Waals surface area contributed by atoms with Gasteiger partial charge in [-0.1, -0.05) is 18.2 Å². The van der Waals surface area contributed by atoms with Crippen molar-refractivity contribution >= 4 is 28.4 Å². The van der Waals surface area contributed by atoms with E-state index < -0.39 is 5.92 Å². The zero-order valence-electron chi connectivity index (χ0n) is 15.5. The number of nitrogens with one attached hydrogen (secondary N) is 1. The number of benzene rings is 2. The van der Waals surface area contributed by atoms with E-state index in [1.807, 2.05) is 37.3 Å². The van der Waals surface area contributed by atoms with Gasteiger partial charge in [0.15, 0.2) is 0 Å². The third-order valence-electron chi connectivity index (χ3n) is 4.97. The Morgan fingerprint density at radius 2 is 1.96 bits per heavy atom. The SMILES string of the molecule is Cc1ccc2cc(NC(=O)[C@H]3CC(=O)N(Cc4ccc(F)cc4)C3)ccc2n1. The van der Waals surface area contributed by atoms with Crippen LogP contribution in [-0.2, 0) is 16.1 Å². The van der Waals surface area contributed by atoms with E-state index in [1.165, 1.54) is 12.1 Å². The summed E-state index contributed by atoms with van der Waals surface area (Å²) in [5.41, 5.74) is 3.34. The van der Waals surface area contributed by atoms with Gasteiger partial charge in [-0.3, -0.25) is 14.6 Å². The van der Waals surface area contributed by atoms with Gasteiger partial charge in [0.25, 0.3) is 0 Å². The number of nitrogens with zero attached hydrogens (tertiary/aromatic N) is 2. The highest BCUT2D eigenvalue weighted by Crippen LogP contribution is 2.23. The molecule has 0 aliphatic carbocycles. The van der Waals surface area contributed by atoms with Gasteiger partial charge in [0.1, 0.15) is 5.82 Å². The highest BCUT2D eigenvalue weighted by atomic mass is 19.1. The minimum atomic E-state index is -0.403. The molecule has 2 amide bonds. The van der Waals surface area contributed by atoms with Gasteiger partial charge >= 0.3 is 0 Å². The smallest absolute Gasteiger partial charge is 0.229 e. The fraction of sp³-hybridized carbons (Fsp3) is 0.227. The molecule has 2 heterocycles. The maximum Gasteiger partial charge on any atom is 0.229 e. The van der Waals surface area contributed by atoms with Crippen molar-refractivity contribution in [3.8, 4) is 0 Å². The van der Waals surface area contributed by atoms with E-state index in [0.29, 0.717) is 18.8 Å². The average Bonchev–Trinajstić information content (AvgIpc) is 3.04. The van der Waals surface area contributed by atoms with Crippen LogP contribution in [0.15, 0.2) is 54.6 Å².